The van der Waals surface area contributed by atoms with E-state index in [2.05, 4.69) is 41.2 Å². The van der Waals surface area contributed by atoms with Crippen molar-refractivity contribution in [1.29, 1.82) is 0 Å². The predicted octanol–water partition coefficient (Wildman–Crippen LogP) is 4.66. The Balaban J connectivity index is 2.17. The van der Waals surface area contributed by atoms with Crippen molar-refractivity contribution in [2.45, 2.75) is 39.0 Å². The molecule has 0 bridgehead atoms. The van der Waals surface area contributed by atoms with Crippen molar-refractivity contribution >= 4 is 11.6 Å². The van der Waals surface area contributed by atoms with E-state index in [0.29, 0.717) is 5.88 Å². The minimum Gasteiger partial charge on any atom is -0.255 e. The lowest BCUT2D eigenvalue weighted by Gasteiger charge is -2.06. The third-order valence-corrected chi connectivity index (χ3v) is 3.60. The second kappa shape index (κ2) is 8.01. The number of rotatable bonds is 7. The lowest BCUT2D eigenvalue weighted by molar-refractivity contribution is 0.794. The number of halogens is 1. The standard InChI is InChI=1S/C17H21ClN2/c1-2-3-5-14-7-10-19-16(12-14)17-13-15(6-4-9-18)8-11-20-17/h7-8,10-13H,2-6,9H2,1H3. The maximum Gasteiger partial charge on any atom is 0.0888 e. The summed E-state index contributed by atoms with van der Waals surface area (Å²) in [7, 11) is 0. The Morgan fingerprint density at radius 3 is 1.95 bits per heavy atom. The van der Waals surface area contributed by atoms with Crippen LogP contribution in [0.5, 0.6) is 0 Å². The maximum atomic E-state index is 5.75. The molecule has 20 heavy (non-hydrogen) atoms. The van der Waals surface area contributed by atoms with Crippen LogP contribution in [0.1, 0.15) is 37.3 Å². The molecular weight excluding hydrogens is 268 g/mol. The van der Waals surface area contributed by atoms with Crippen LogP contribution in [0.25, 0.3) is 11.4 Å². The molecule has 2 rings (SSSR count). The van der Waals surface area contributed by atoms with Crippen molar-refractivity contribution in [2.24, 2.45) is 0 Å². The normalized spacial score (nSPS) is 10.7. The molecule has 0 amide bonds. The monoisotopic (exact) mass is 288 g/mol. The molecular formula is C17H21ClN2. The van der Waals surface area contributed by atoms with Gasteiger partial charge in [-0.2, -0.15) is 0 Å². The highest BCUT2D eigenvalue weighted by Crippen LogP contribution is 2.18. The molecule has 2 heterocycles. The fourth-order valence-electron chi connectivity index (χ4n) is 2.19. The van der Waals surface area contributed by atoms with Gasteiger partial charge in [0.2, 0.25) is 0 Å². The number of unbranched alkanes of at least 4 members (excludes halogenated alkanes) is 1. The van der Waals surface area contributed by atoms with Crippen molar-refractivity contribution < 1.29 is 0 Å². The molecule has 106 valence electrons. The summed E-state index contributed by atoms with van der Waals surface area (Å²) in [6.45, 7) is 2.21. The molecule has 0 aromatic carbocycles. The number of hydrogen-bond acceptors (Lipinski definition) is 2. The average molecular weight is 289 g/mol. The molecule has 0 N–H and O–H groups in total. The van der Waals surface area contributed by atoms with E-state index < -0.39 is 0 Å². The minimum atomic E-state index is 0.697. The Bertz CT molecular complexity index is 491. The quantitative estimate of drug-likeness (QED) is 0.693. The number of alkyl halides is 1. The summed E-state index contributed by atoms with van der Waals surface area (Å²) in [5.41, 5.74) is 4.53. The molecule has 0 saturated heterocycles. The summed E-state index contributed by atoms with van der Waals surface area (Å²) in [6, 6.07) is 8.43. The first-order chi connectivity index (χ1) is 9.83. The summed E-state index contributed by atoms with van der Waals surface area (Å²) < 4.78 is 0. The molecule has 2 nitrogen and oxygen atoms in total. The van der Waals surface area contributed by atoms with Gasteiger partial charge in [0.1, 0.15) is 0 Å². The Morgan fingerprint density at radius 1 is 0.900 bits per heavy atom. The molecule has 0 aliphatic rings. The first-order valence-electron chi connectivity index (χ1n) is 7.29. The van der Waals surface area contributed by atoms with Crippen LogP contribution in [0.15, 0.2) is 36.7 Å². The zero-order valence-electron chi connectivity index (χ0n) is 12.0. The first kappa shape index (κ1) is 15.0. The zero-order valence-corrected chi connectivity index (χ0v) is 12.7. The van der Waals surface area contributed by atoms with Gasteiger partial charge in [-0.3, -0.25) is 9.97 Å². The van der Waals surface area contributed by atoms with Gasteiger partial charge in [-0.15, -0.1) is 11.6 Å². The van der Waals surface area contributed by atoms with Crippen molar-refractivity contribution in [3.05, 3.63) is 47.8 Å². The number of aryl methyl sites for hydroxylation is 2. The maximum absolute atomic E-state index is 5.75. The summed E-state index contributed by atoms with van der Waals surface area (Å²) in [4.78, 5) is 8.89. The van der Waals surface area contributed by atoms with Gasteiger partial charge in [-0.25, -0.2) is 0 Å². The van der Waals surface area contributed by atoms with E-state index in [9.17, 15) is 0 Å². The molecule has 2 aromatic rings. The molecule has 0 fully saturated rings. The smallest absolute Gasteiger partial charge is 0.0888 e. The molecule has 0 spiro atoms. The van der Waals surface area contributed by atoms with Crippen molar-refractivity contribution in [3.63, 3.8) is 0 Å². The third kappa shape index (κ3) is 4.31. The minimum absolute atomic E-state index is 0.697. The van der Waals surface area contributed by atoms with Crippen LogP contribution >= 0.6 is 11.6 Å². The number of hydrogen-bond donors (Lipinski definition) is 0. The molecule has 0 unspecified atom stereocenters. The van der Waals surface area contributed by atoms with Crippen LogP contribution in [0.4, 0.5) is 0 Å². The van der Waals surface area contributed by atoms with E-state index in [0.717, 1.165) is 30.7 Å². The van der Waals surface area contributed by atoms with Gasteiger partial charge in [-0.1, -0.05) is 13.3 Å². The fraction of sp³-hybridized carbons (Fsp3) is 0.412. The number of aromatic nitrogens is 2. The molecule has 0 aliphatic heterocycles. The van der Waals surface area contributed by atoms with Crippen LogP contribution in [0, 0.1) is 0 Å². The fourth-order valence-corrected chi connectivity index (χ4v) is 2.33. The topological polar surface area (TPSA) is 25.8 Å². The van der Waals surface area contributed by atoms with Crippen LogP contribution in [0.2, 0.25) is 0 Å². The van der Waals surface area contributed by atoms with Crippen LogP contribution in [-0.4, -0.2) is 15.8 Å². The van der Waals surface area contributed by atoms with Crippen molar-refractivity contribution in [1.82, 2.24) is 9.97 Å². The van der Waals surface area contributed by atoms with E-state index in [1.54, 1.807) is 0 Å². The van der Waals surface area contributed by atoms with Crippen molar-refractivity contribution in [2.75, 3.05) is 5.88 Å². The van der Waals surface area contributed by atoms with Gasteiger partial charge >= 0.3 is 0 Å². The Hall–Kier alpha value is -1.41. The first-order valence-corrected chi connectivity index (χ1v) is 7.83. The van der Waals surface area contributed by atoms with E-state index >= 15 is 0 Å². The lowest BCUT2D eigenvalue weighted by Crippen LogP contribution is -1.93. The van der Waals surface area contributed by atoms with Gasteiger partial charge < -0.3 is 0 Å². The molecule has 2 aromatic heterocycles. The summed E-state index contributed by atoms with van der Waals surface area (Å²) in [6.07, 6.45) is 9.27. The van der Waals surface area contributed by atoms with Gasteiger partial charge in [0, 0.05) is 18.3 Å². The van der Waals surface area contributed by atoms with E-state index in [-0.39, 0.29) is 0 Å². The summed E-state index contributed by atoms with van der Waals surface area (Å²) in [5.74, 6) is 0.697. The molecule has 0 saturated carbocycles. The highest BCUT2D eigenvalue weighted by molar-refractivity contribution is 6.17. The molecule has 0 atom stereocenters. The van der Waals surface area contributed by atoms with Gasteiger partial charge in [0.15, 0.2) is 0 Å². The molecule has 0 radical (unpaired) electrons. The Labute approximate surface area is 126 Å². The van der Waals surface area contributed by atoms with E-state index in [1.807, 2.05) is 12.4 Å². The Kier molecular flexibility index (Phi) is 6.00. The van der Waals surface area contributed by atoms with Gasteiger partial charge in [-0.05, 0) is 61.1 Å². The SMILES string of the molecule is CCCCc1ccnc(-c2cc(CCCCl)ccn2)c1. The van der Waals surface area contributed by atoms with Crippen LogP contribution in [0.3, 0.4) is 0 Å². The third-order valence-electron chi connectivity index (χ3n) is 3.33. The van der Waals surface area contributed by atoms with Crippen LogP contribution < -0.4 is 0 Å². The number of nitrogens with zero attached hydrogens (tertiary/aromatic N) is 2. The second-order valence-corrected chi connectivity index (χ2v) is 5.37. The lowest BCUT2D eigenvalue weighted by atomic mass is 10.1. The molecule has 0 aliphatic carbocycles. The van der Waals surface area contributed by atoms with Crippen LogP contribution in [-0.2, 0) is 12.8 Å². The highest BCUT2D eigenvalue weighted by atomic mass is 35.5. The second-order valence-electron chi connectivity index (χ2n) is 4.99. The van der Waals surface area contributed by atoms with E-state index in [1.165, 1.54) is 24.0 Å². The largest absolute Gasteiger partial charge is 0.255 e. The van der Waals surface area contributed by atoms with Gasteiger partial charge in [0.25, 0.3) is 0 Å². The molecule has 3 heteroatoms. The zero-order chi connectivity index (χ0) is 14.2. The Morgan fingerprint density at radius 2 is 1.45 bits per heavy atom. The van der Waals surface area contributed by atoms with E-state index in [4.69, 9.17) is 11.6 Å². The summed E-state index contributed by atoms with van der Waals surface area (Å²) in [5, 5.41) is 0. The highest BCUT2D eigenvalue weighted by Gasteiger charge is 2.04. The van der Waals surface area contributed by atoms with Crippen molar-refractivity contribution in [3.8, 4) is 11.4 Å². The van der Waals surface area contributed by atoms with Gasteiger partial charge in [0.05, 0.1) is 11.4 Å². The average Bonchev–Trinajstić information content (AvgIpc) is 2.51. The summed E-state index contributed by atoms with van der Waals surface area (Å²) >= 11 is 5.75. The predicted molar refractivity (Wildman–Crippen MR) is 85.1 cm³/mol. The number of pyridine rings is 2.